The molecule has 3 N–H and O–H groups in total. The number of ether oxygens (including phenoxy) is 1. The van der Waals surface area contributed by atoms with E-state index in [9.17, 15) is 8.42 Å². The van der Waals surface area contributed by atoms with E-state index in [0.29, 0.717) is 16.7 Å². The Bertz CT molecular complexity index is 728. The Kier molecular flexibility index (Phi) is 4.66. The summed E-state index contributed by atoms with van der Waals surface area (Å²) < 4.78 is 28.6. The summed E-state index contributed by atoms with van der Waals surface area (Å²) in [5.74, 6) is 6.38. The first-order valence-corrected chi connectivity index (χ1v) is 8.91. The van der Waals surface area contributed by atoms with Gasteiger partial charge < -0.3 is 10.2 Å². The number of benzene rings is 1. The second-order valence-corrected chi connectivity index (χ2v) is 6.86. The lowest BCUT2D eigenvalue weighted by atomic mass is 10.3. The van der Waals surface area contributed by atoms with Crippen LogP contribution in [0.3, 0.4) is 0 Å². The predicted octanol–water partition coefficient (Wildman–Crippen LogP) is 1.68. The number of anilines is 1. The molecule has 7 nitrogen and oxygen atoms in total. The first kappa shape index (κ1) is 15.5. The minimum Gasteiger partial charge on any atom is -0.439 e. The van der Waals surface area contributed by atoms with Crippen LogP contribution in [0.15, 0.2) is 40.4 Å². The summed E-state index contributed by atoms with van der Waals surface area (Å²) >= 11 is 1.34. The molecule has 9 heteroatoms. The molecular weight excluding hydrogens is 312 g/mol. The van der Waals surface area contributed by atoms with Gasteiger partial charge in [-0.05, 0) is 24.5 Å². The van der Waals surface area contributed by atoms with E-state index in [1.54, 1.807) is 12.1 Å². The number of hydrogen-bond acceptors (Lipinski definition) is 8. The van der Waals surface area contributed by atoms with E-state index in [4.69, 9.17) is 10.6 Å². The van der Waals surface area contributed by atoms with Crippen LogP contribution in [0.5, 0.6) is 11.6 Å². The van der Waals surface area contributed by atoms with Crippen LogP contribution in [-0.4, -0.2) is 30.9 Å². The largest absolute Gasteiger partial charge is 0.439 e. The van der Waals surface area contributed by atoms with Crippen molar-refractivity contribution >= 4 is 27.4 Å². The minimum atomic E-state index is -3.29. The number of nitrogens with two attached hydrogens (primary N) is 1. The second-order valence-electron chi connectivity index (χ2n) is 4.07. The molecule has 0 saturated carbocycles. The van der Waals surface area contributed by atoms with Crippen LogP contribution in [0.25, 0.3) is 0 Å². The molecule has 1 heterocycles. The molecule has 21 heavy (non-hydrogen) atoms. The molecule has 0 unspecified atom stereocenters. The summed E-state index contributed by atoms with van der Waals surface area (Å²) in [7, 11) is -3.29. The Balaban J connectivity index is 2.34. The standard InChI is InChI=1S/C12H14N4O3S2/c1-20-12-14-10(16-13)7-11(15-12)19-8-4-3-5-9(6-8)21(2,17)18/h3-7H,13H2,1-2H3,(H,14,15,16). The molecule has 0 fully saturated rings. The number of sulfone groups is 1. The van der Waals surface area contributed by atoms with Crippen LogP contribution in [0.4, 0.5) is 5.82 Å². The molecule has 0 spiro atoms. The highest BCUT2D eigenvalue weighted by Gasteiger charge is 2.10. The Hall–Kier alpha value is -1.84. The van der Waals surface area contributed by atoms with Crippen molar-refractivity contribution in [3.8, 4) is 11.6 Å². The summed E-state index contributed by atoms with van der Waals surface area (Å²) in [5, 5.41) is 0.486. The quantitative estimate of drug-likeness (QED) is 0.370. The fourth-order valence-electron chi connectivity index (χ4n) is 1.51. The number of hydrogen-bond donors (Lipinski definition) is 2. The molecule has 2 aromatic rings. The van der Waals surface area contributed by atoms with Crippen LogP contribution < -0.4 is 16.0 Å². The predicted molar refractivity (Wildman–Crippen MR) is 81.2 cm³/mol. The zero-order valence-electron chi connectivity index (χ0n) is 11.4. The van der Waals surface area contributed by atoms with E-state index >= 15 is 0 Å². The van der Waals surface area contributed by atoms with Gasteiger partial charge in [0.2, 0.25) is 5.88 Å². The molecule has 0 amide bonds. The van der Waals surface area contributed by atoms with Crippen molar-refractivity contribution in [2.24, 2.45) is 5.84 Å². The Labute approximate surface area is 126 Å². The van der Waals surface area contributed by atoms with E-state index in [1.165, 1.54) is 30.0 Å². The summed E-state index contributed by atoms with van der Waals surface area (Å²) in [6, 6.07) is 7.70. The molecule has 0 saturated heterocycles. The van der Waals surface area contributed by atoms with Crippen molar-refractivity contribution in [2.45, 2.75) is 10.1 Å². The van der Waals surface area contributed by atoms with Gasteiger partial charge in [0.1, 0.15) is 11.6 Å². The first-order chi connectivity index (χ1) is 9.92. The molecule has 0 aliphatic carbocycles. The summed E-state index contributed by atoms with van der Waals surface area (Å²) in [6.45, 7) is 0. The summed E-state index contributed by atoms with van der Waals surface area (Å²) in [4.78, 5) is 8.46. The van der Waals surface area contributed by atoms with E-state index in [2.05, 4.69) is 15.4 Å². The lowest BCUT2D eigenvalue weighted by Crippen LogP contribution is -2.09. The van der Waals surface area contributed by atoms with Crippen LogP contribution in [0, 0.1) is 0 Å². The summed E-state index contributed by atoms with van der Waals surface area (Å²) in [6.07, 6.45) is 2.96. The third kappa shape index (κ3) is 4.06. The molecule has 0 aliphatic rings. The smallest absolute Gasteiger partial charge is 0.225 e. The second kappa shape index (κ2) is 6.29. The maximum absolute atomic E-state index is 11.5. The normalized spacial score (nSPS) is 11.2. The lowest BCUT2D eigenvalue weighted by Gasteiger charge is -2.08. The monoisotopic (exact) mass is 326 g/mol. The third-order valence-electron chi connectivity index (χ3n) is 2.47. The van der Waals surface area contributed by atoms with Crippen molar-refractivity contribution in [2.75, 3.05) is 17.9 Å². The maximum Gasteiger partial charge on any atom is 0.225 e. The molecule has 112 valence electrons. The number of thioether (sulfide) groups is 1. The molecule has 1 aromatic heterocycles. The average molecular weight is 326 g/mol. The van der Waals surface area contributed by atoms with Gasteiger partial charge in [0.15, 0.2) is 15.0 Å². The zero-order chi connectivity index (χ0) is 15.5. The van der Waals surface area contributed by atoms with Crippen LogP contribution >= 0.6 is 11.8 Å². The number of rotatable bonds is 5. The van der Waals surface area contributed by atoms with E-state index in [-0.39, 0.29) is 10.8 Å². The van der Waals surface area contributed by atoms with Gasteiger partial charge in [-0.25, -0.2) is 19.2 Å². The summed E-state index contributed by atoms with van der Waals surface area (Å²) in [5.41, 5.74) is 2.42. The van der Waals surface area contributed by atoms with Crippen LogP contribution in [-0.2, 0) is 9.84 Å². The Morgan fingerprint density at radius 1 is 1.29 bits per heavy atom. The zero-order valence-corrected chi connectivity index (χ0v) is 13.0. The Morgan fingerprint density at radius 3 is 2.67 bits per heavy atom. The van der Waals surface area contributed by atoms with E-state index < -0.39 is 9.84 Å². The third-order valence-corrected chi connectivity index (χ3v) is 4.13. The number of nitrogen functional groups attached to an aromatic ring is 1. The van der Waals surface area contributed by atoms with E-state index in [1.807, 2.05) is 6.26 Å². The SMILES string of the molecule is CSc1nc(NN)cc(Oc2cccc(S(C)(=O)=O)c2)n1. The van der Waals surface area contributed by atoms with Crippen LogP contribution in [0.1, 0.15) is 0 Å². The van der Waals surface area contributed by atoms with Crippen molar-refractivity contribution in [1.82, 2.24) is 9.97 Å². The molecule has 2 rings (SSSR count). The van der Waals surface area contributed by atoms with E-state index in [0.717, 1.165) is 6.26 Å². The van der Waals surface area contributed by atoms with Crippen molar-refractivity contribution in [1.29, 1.82) is 0 Å². The fourth-order valence-corrected chi connectivity index (χ4v) is 2.54. The molecule has 1 aromatic carbocycles. The van der Waals surface area contributed by atoms with Crippen molar-refractivity contribution in [3.05, 3.63) is 30.3 Å². The van der Waals surface area contributed by atoms with Gasteiger partial charge in [-0.15, -0.1) is 0 Å². The Morgan fingerprint density at radius 2 is 2.05 bits per heavy atom. The van der Waals surface area contributed by atoms with Gasteiger partial charge in [0.25, 0.3) is 0 Å². The van der Waals surface area contributed by atoms with Crippen molar-refractivity contribution < 1.29 is 13.2 Å². The lowest BCUT2D eigenvalue weighted by molar-refractivity contribution is 0.454. The molecule has 0 bridgehead atoms. The maximum atomic E-state index is 11.5. The van der Waals surface area contributed by atoms with Gasteiger partial charge in [-0.2, -0.15) is 4.98 Å². The highest BCUT2D eigenvalue weighted by Crippen LogP contribution is 2.25. The number of nitrogens with one attached hydrogen (secondary N) is 1. The molecule has 0 aliphatic heterocycles. The average Bonchev–Trinajstić information content (AvgIpc) is 2.46. The molecule has 0 atom stereocenters. The topological polar surface area (TPSA) is 107 Å². The number of nitrogens with zero attached hydrogens (tertiary/aromatic N) is 2. The van der Waals surface area contributed by atoms with Crippen LogP contribution in [0.2, 0.25) is 0 Å². The molecular formula is C12H14N4O3S2. The van der Waals surface area contributed by atoms with Crippen molar-refractivity contribution in [3.63, 3.8) is 0 Å². The van der Waals surface area contributed by atoms with Gasteiger partial charge >= 0.3 is 0 Å². The minimum absolute atomic E-state index is 0.177. The highest BCUT2D eigenvalue weighted by atomic mass is 32.2. The first-order valence-electron chi connectivity index (χ1n) is 5.80. The number of aromatic nitrogens is 2. The fraction of sp³-hybridized carbons (Fsp3) is 0.167. The van der Waals surface area contributed by atoms with Gasteiger partial charge in [0.05, 0.1) is 4.90 Å². The molecule has 0 radical (unpaired) electrons. The highest BCUT2D eigenvalue weighted by molar-refractivity contribution is 7.98. The number of hydrazine groups is 1. The van der Waals surface area contributed by atoms with Gasteiger partial charge in [-0.1, -0.05) is 17.8 Å². The van der Waals surface area contributed by atoms with Gasteiger partial charge in [0, 0.05) is 12.3 Å². The van der Waals surface area contributed by atoms with Gasteiger partial charge in [-0.3, -0.25) is 0 Å².